The molecule has 0 spiro atoms. The van der Waals surface area contributed by atoms with E-state index in [1.807, 2.05) is 21.9 Å². The Morgan fingerprint density at radius 2 is 1.71 bits per heavy atom. The van der Waals surface area contributed by atoms with Crippen LogP contribution in [-0.2, 0) is 16.0 Å². The van der Waals surface area contributed by atoms with Crippen molar-refractivity contribution in [2.75, 3.05) is 26.2 Å². The lowest BCUT2D eigenvalue weighted by Gasteiger charge is -2.36. The molecule has 1 aliphatic carbocycles. The number of carbonyl (C=O) groups is 2. The summed E-state index contributed by atoms with van der Waals surface area (Å²) in [6.07, 6.45) is 7.90. The average molecular weight is 400 g/mol. The molecule has 2 heterocycles. The van der Waals surface area contributed by atoms with Crippen LogP contribution in [0.5, 0.6) is 0 Å². The Balaban J connectivity index is 1.16. The SMILES string of the molecule is O=C(CCCCc1nc2ccccc2s1)N1CCN(C(=O)C2CCCC2)CC1. The molecule has 0 unspecified atom stereocenters. The fraction of sp³-hybridized carbons (Fsp3) is 0.591. The van der Waals surface area contributed by atoms with Crippen LogP contribution < -0.4 is 0 Å². The highest BCUT2D eigenvalue weighted by Crippen LogP contribution is 2.27. The van der Waals surface area contributed by atoms with Crippen LogP contribution >= 0.6 is 11.3 Å². The van der Waals surface area contributed by atoms with Crippen LogP contribution in [0.2, 0.25) is 0 Å². The maximum absolute atomic E-state index is 12.5. The Bertz CT molecular complexity index is 787. The molecule has 0 bridgehead atoms. The number of amides is 2. The van der Waals surface area contributed by atoms with Gasteiger partial charge in [0, 0.05) is 38.5 Å². The lowest BCUT2D eigenvalue weighted by molar-refractivity contribution is -0.142. The van der Waals surface area contributed by atoms with Gasteiger partial charge in [-0.1, -0.05) is 25.0 Å². The van der Waals surface area contributed by atoms with Crippen LogP contribution in [-0.4, -0.2) is 52.8 Å². The molecular weight excluding hydrogens is 370 g/mol. The quantitative estimate of drug-likeness (QED) is 0.693. The summed E-state index contributed by atoms with van der Waals surface area (Å²) < 4.78 is 1.23. The Labute approximate surface area is 170 Å². The molecule has 2 aromatic rings. The summed E-state index contributed by atoms with van der Waals surface area (Å²) in [5.41, 5.74) is 1.07. The zero-order valence-electron chi connectivity index (χ0n) is 16.4. The molecule has 2 fully saturated rings. The second-order valence-corrected chi connectivity index (χ2v) is 9.09. The van der Waals surface area contributed by atoms with E-state index in [0.29, 0.717) is 38.5 Å². The highest BCUT2D eigenvalue weighted by Gasteiger charge is 2.30. The van der Waals surface area contributed by atoms with E-state index in [1.54, 1.807) is 11.3 Å². The zero-order valence-corrected chi connectivity index (χ0v) is 17.3. The van der Waals surface area contributed by atoms with E-state index in [9.17, 15) is 9.59 Å². The number of unbranched alkanes of at least 4 members (excludes halogenated alkanes) is 1. The number of piperazine rings is 1. The van der Waals surface area contributed by atoms with Gasteiger partial charge >= 0.3 is 0 Å². The van der Waals surface area contributed by atoms with E-state index in [4.69, 9.17) is 0 Å². The van der Waals surface area contributed by atoms with Crippen LogP contribution in [0, 0.1) is 5.92 Å². The molecule has 1 saturated heterocycles. The lowest BCUT2D eigenvalue weighted by atomic mass is 10.1. The number of aromatic nitrogens is 1. The molecule has 1 aliphatic heterocycles. The fourth-order valence-electron chi connectivity index (χ4n) is 4.34. The second-order valence-electron chi connectivity index (χ2n) is 7.97. The summed E-state index contributed by atoms with van der Waals surface area (Å²) in [6, 6.07) is 8.22. The molecule has 0 N–H and O–H groups in total. The summed E-state index contributed by atoms with van der Waals surface area (Å²) in [6.45, 7) is 2.78. The minimum atomic E-state index is 0.234. The molecule has 1 aromatic carbocycles. The van der Waals surface area contributed by atoms with Crippen LogP contribution in [0.1, 0.15) is 50.0 Å². The van der Waals surface area contributed by atoms with Crippen molar-refractivity contribution in [2.45, 2.75) is 51.4 Å². The third-order valence-electron chi connectivity index (χ3n) is 6.02. The first kappa shape index (κ1) is 19.4. The standard InChI is InChI=1S/C22H29N3O2S/c26-21(12-6-5-11-20-23-18-9-3-4-10-19(18)28-20)24-13-15-25(16-14-24)22(27)17-7-1-2-8-17/h3-4,9-10,17H,1-2,5-8,11-16H2. The number of thiazole rings is 1. The number of para-hydroxylation sites is 1. The van der Waals surface area contributed by atoms with Gasteiger partial charge in [-0.25, -0.2) is 4.98 Å². The van der Waals surface area contributed by atoms with Crippen molar-refractivity contribution in [2.24, 2.45) is 5.92 Å². The van der Waals surface area contributed by atoms with E-state index < -0.39 is 0 Å². The molecule has 0 atom stereocenters. The van der Waals surface area contributed by atoms with Gasteiger partial charge in [0.05, 0.1) is 15.2 Å². The van der Waals surface area contributed by atoms with Crippen LogP contribution in [0.3, 0.4) is 0 Å². The topological polar surface area (TPSA) is 53.5 Å². The number of aryl methyl sites for hydroxylation is 1. The summed E-state index contributed by atoms with van der Waals surface area (Å²) in [7, 11) is 0. The molecule has 5 nitrogen and oxygen atoms in total. The largest absolute Gasteiger partial charge is 0.339 e. The van der Waals surface area contributed by atoms with E-state index in [2.05, 4.69) is 17.1 Å². The number of hydrogen-bond acceptors (Lipinski definition) is 4. The minimum Gasteiger partial charge on any atom is -0.339 e. The monoisotopic (exact) mass is 399 g/mol. The van der Waals surface area contributed by atoms with Gasteiger partial charge < -0.3 is 9.80 Å². The first-order valence-electron chi connectivity index (χ1n) is 10.6. The van der Waals surface area contributed by atoms with E-state index in [-0.39, 0.29) is 11.8 Å². The van der Waals surface area contributed by atoms with Crippen molar-refractivity contribution in [3.63, 3.8) is 0 Å². The highest BCUT2D eigenvalue weighted by atomic mass is 32.1. The Morgan fingerprint density at radius 1 is 1.00 bits per heavy atom. The van der Waals surface area contributed by atoms with Gasteiger partial charge in [-0.15, -0.1) is 11.3 Å². The maximum atomic E-state index is 12.5. The highest BCUT2D eigenvalue weighted by molar-refractivity contribution is 7.18. The molecule has 150 valence electrons. The normalized spacial score (nSPS) is 18.1. The minimum absolute atomic E-state index is 0.234. The number of carbonyl (C=O) groups excluding carboxylic acids is 2. The third-order valence-corrected chi connectivity index (χ3v) is 7.11. The Morgan fingerprint density at radius 3 is 2.46 bits per heavy atom. The van der Waals surface area contributed by atoms with Crippen molar-refractivity contribution in [3.05, 3.63) is 29.3 Å². The lowest BCUT2D eigenvalue weighted by Crippen LogP contribution is -2.51. The van der Waals surface area contributed by atoms with Gasteiger partial charge in [0.25, 0.3) is 0 Å². The van der Waals surface area contributed by atoms with Gasteiger partial charge in [0.1, 0.15) is 0 Å². The number of hydrogen-bond donors (Lipinski definition) is 0. The van der Waals surface area contributed by atoms with Crippen molar-refractivity contribution in [1.29, 1.82) is 0 Å². The average Bonchev–Trinajstić information content (AvgIpc) is 3.40. The molecule has 2 aliphatic rings. The van der Waals surface area contributed by atoms with E-state index in [0.717, 1.165) is 42.6 Å². The van der Waals surface area contributed by atoms with Crippen LogP contribution in [0.25, 0.3) is 10.2 Å². The van der Waals surface area contributed by atoms with Gasteiger partial charge in [0.15, 0.2) is 0 Å². The number of rotatable bonds is 6. The molecular formula is C22H29N3O2S. The van der Waals surface area contributed by atoms with Gasteiger partial charge in [-0.2, -0.15) is 0 Å². The Hall–Kier alpha value is -1.95. The van der Waals surface area contributed by atoms with Crippen LogP contribution in [0.15, 0.2) is 24.3 Å². The summed E-state index contributed by atoms with van der Waals surface area (Å²) >= 11 is 1.75. The molecule has 4 rings (SSSR count). The molecule has 1 aromatic heterocycles. The maximum Gasteiger partial charge on any atom is 0.225 e. The third kappa shape index (κ3) is 4.54. The fourth-order valence-corrected chi connectivity index (χ4v) is 5.35. The number of fused-ring (bicyclic) bond motifs is 1. The van der Waals surface area contributed by atoms with Gasteiger partial charge in [-0.3, -0.25) is 9.59 Å². The summed E-state index contributed by atoms with van der Waals surface area (Å²) in [5, 5.41) is 1.16. The Kier molecular flexibility index (Phi) is 6.25. The number of benzene rings is 1. The van der Waals surface area contributed by atoms with Crippen molar-refractivity contribution in [3.8, 4) is 0 Å². The molecule has 6 heteroatoms. The van der Waals surface area contributed by atoms with Gasteiger partial charge in [-0.05, 0) is 44.2 Å². The van der Waals surface area contributed by atoms with Crippen molar-refractivity contribution in [1.82, 2.24) is 14.8 Å². The summed E-state index contributed by atoms with van der Waals surface area (Å²) in [5.74, 6) is 0.794. The number of nitrogens with zero attached hydrogens (tertiary/aromatic N) is 3. The van der Waals surface area contributed by atoms with Crippen LogP contribution in [0.4, 0.5) is 0 Å². The molecule has 28 heavy (non-hydrogen) atoms. The van der Waals surface area contributed by atoms with E-state index in [1.165, 1.54) is 17.5 Å². The van der Waals surface area contributed by atoms with Crippen molar-refractivity contribution < 1.29 is 9.59 Å². The van der Waals surface area contributed by atoms with E-state index >= 15 is 0 Å². The molecule has 1 saturated carbocycles. The second kappa shape index (κ2) is 9.03. The predicted molar refractivity (Wildman–Crippen MR) is 112 cm³/mol. The summed E-state index contributed by atoms with van der Waals surface area (Å²) in [4.78, 5) is 33.6. The van der Waals surface area contributed by atoms with Crippen molar-refractivity contribution >= 4 is 33.4 Å². The molecule has 0 radical (unpaired) electrons. The zero-order chi connectivity index (χ0) is 19.3. The smallest absolute Gasteiger partial charge is 0.225 e. The van der Waals surface area contributed by atoms with Gasteiger partial charge in [0.2, 0.25) is 11.8 Å². The first-order valence-corrected chi connectivity index (χ1v) is 11.4. The predicted octanol–water partition coefficient (Wildman–Crippen LogP) is 3.87. The first-order chi connectivity index (χ1) is 13.7. The molecule has 2 amide bonds.